The minimum atomic E-state index is -0.939. The van der Waals surface area contributed by atoms with Gasteiger partial charge in [-0.05, 0) is 85.9 Å². The number of fused-ring (bicyclic) bond motifs is 1. The summed E-state index contributed by atoms with van der Waals surface area (Å²) in [6.45, 7) is 9.77. The molecule has 80 heavy (non-hydrogen) atoms. The number of halogens is 3. The molecule has 2 saturated heterocycles. The molecule has 0 N–H and O–H groups in total. The molecule has 25 heteroatoms. The van der Waals surface area contributed by atoms with Crippen LogP contribution in [-0.4, -0.2) is 153 Å². The molecule has 3 aromatic rings. The number of aryl methyl sites for hydroxylation is 2. The van der Waals surface area contributed by atoms with Gasteiger partial charge in [0.1, 0.15) is 49.1 Å². The van der Waals surface area contributed by atoms with Gasteiger partial charge in [0.25, 0.3) is 10.2 Å². The van der Waals surface area contributed by atoms with E-state index >= 15 is 4.79 Å². The Kier molecular flexibility index (Phi) is 25.5. The van der Waals surface area contributed by atoms with Crippen LogP contribution < -0.4 is 9.47 Å². The van der Waals surface area contributed by atoms with E-state index in [1.165, 1.54) is 0 Å². The Labute approximate surface area is 469 Å². The van der Waals surface area contributed by atoms with Crippen molar-refractivity contribution in [3.63, 3.8) is 0 Å². The minimum absolute atomic E-state index is 0.0313. The molecule has 22 nitrogen and oxygen atoms in total. The molecule has 5 unspecified atom stereocenters. The van der Waals surface area contributed by atoms with Crippen molar-refractivity contribution in [1.29, 1.82) is 0 Å². The third-order valence-electron chi connectivity index (χ3n) is 14.3. The lowest BCUT2D eigenvalue weighted by molar-refractivity contribution is -0.758. The van der Waals surface area contributed by atoms with Gasteiger partial charge in [-0.25, -0.2) is 18.4 Å². The number of carbonyl (C=O) groups excluding carboxylic acids is 4. The van der Waals surface area contributed by atoms with Crippen molar-refractivity contribution in [3.8, 4) is 11.5 Å². The van der Waals surface area contributed by atoms with Crippen molar-refractivity contribution in [2.24, 2.45) is 17.3 Å². The van der Waals surface area contributed by atoms with Crippen molar-refractivity contribution in [2.45, 2.75) is 111 Å². The maximum Gasteiger partial charge on any atom is 0.508 e. The van der Waals surface area contributed by atoms with E-state index in [9.17, 15) is 43.4 Å². The Hall–Kier alpha value is -6.79. The van der Waals surface area contributed by atoms with E-state index in [2.05, 4.69) is 9.68 Å². The lowest BCUT2D eigenvalue weighted by Gasteiger charge is -2.62. The predicted molar refractivity (Wildman–Crippen MR) is 285 cm³/mol. The van der Waals surface area contributed by atoms with Gasteiger partial charge in [-0.1, -0.05) is 75.7 Å². The van der Waals surface area contributed by atoms with Crippen LogP contribution in [0.5, 0.6) is 11.5 Å². The number of piperidine rings is 1. The van der Waals surface area contributed by atoms with Gasteiger partial charge in [0, 0.05) is 56.4 Å². The third kappa shape index (κ3) is 17.6. The van der Waals surface area contributed by atoms with Crippen LogP contribution >= 0.6 is 11.6 Å². The van der Waals surface area contributed by atoms with Gasteiger partial charge in [-0.2, -0.15) is 0 Å². The molecule has 0 radical (unpaired) electrons. The molecule has 3 aromatic carbocycles. The standard InChI is InChI=1S/C53H68ClF2N5O17.C2H6/c1-5-18-58(34-39-12-15-44(70-4)35(2)30-39)49(62)36(3)48-53(32-38-10-8-37(9-11-38)7-6-21-73-47-43(56)14-13-42(55)46(47)54)33-40(31-45(53)59(48)51(64)74-26-22-71-24-28-76-60(66)67)50(63)57-19-16-41(17-20-57)78-52(65)75-27-23-72-25-29-77-61(68)69;1-2/h8-15,30,36,40-41,45,48H,5-7,16-29,31-34H2,1-4H3;1-2H3. The van der Waals surface area contributed by atoms with Crippen LogP contribution in [-0.2, 0) is 62.3 Å². The fourth-order valence-corrected chi connectivity index (χ4v) is 11.1. The fraction of sp³-hybridized carbons (Fsp3) is 0.600. The van der Waals surface area contributed by atoms with E-state index in [-0.39, 0.29) is 96.5 Å². The number of hydrogen-bond acceptors (Lipinski definition) is 17. The van der Waals surface area contributed by atoms with E-state index < -0.39 is 74.5 Å². The molecule has 3 aliphatic rings. The summed E-state index contributed by atoms with van der Waals surface area (Å²) >= 11 is 5.95. The number of rotatable bonds is 30. The monoisotopic (exact) mass is 1150 g/mol. The molecular formula is C55H74ClF2N5O17. The van der Waals surface area contributed by atoms with Crippen molar-refractivity contribution in [2.75, 3.05) is 86.2 Å². The summed E-state index contributed by atoms with van der Waals surface area (Å²) < 4.78 is 66.3. The van der Waals surface area contributed by atoms with Crippen LogP contribution in [0.2, 0.25) is 5.02 Å². The quantitative estimate of drug-likeness (QED) is 0.0199. The van der Waals surface area contributed by atoms with Gasteiger partial charge in [-0.3, -0.25) is 9.59 Å². The van der Waals surface area contributed by atoms with E-state index in [0.717, 1.165) is 34.4 Å². The second kappa shape index (κ2) is 31.9. The number of hydrogen-bond donors (Lipinski definition) is 0. The molecule has 3 amide bonds. The molecule has 2 heterocycles. The first-order valence-corrected chi connectivity index (χ1v) is 27.4. The summed E-state index contributed by atoms with van der Waals surface area (Å²) in [7, 11) is 1.59. The van der Waals surface area contributed by atoms with Gasteiger partial charge in [0.05, 0.1) is 52.1 Å². The molecule has 1 saturated carbocycles. The summed E-state index contributed by atoms with van der Waals surface area (Å²) in [4.78, 5) is 91.3. The number of ether oxygens (including phenoxy) is 7. The van der Waals surface area contributed by atoms with Crippen LogP contribution in [0.25, 0.3) is 0 Å². The van der Waals surface area contributed by atoms with Crippen LogP contribution in [0.4, 0.5) is 18.4 Å². The highest BCUT2D eigenvalue weighted by atomic mass is 35.5. The molecule has 1 aliphatic carbocycles. The van der Waals surface area contributed by atoms with Gasteiger partial charge in [0.15, 0.2) is 11.6 Å². The van der Waals surface area contributed by atoms with Crippen LogP contribution in [0, 0.1) is 56.0 Å². The van der Waals surface area contributed by atoms with Crippen molar-refractivity contribution >= 4 is 35.7 Å². The lowest BCUT2D eigenvalue weighted by atomic mass is 9.59. The first-order chi connectivity index (χ1) is 38.5. The zero-order valence-electron chi connectivity index (χ0n) is 46.2. The molecule has 3 fully saturated rings. The van der Waals surface area contributed by atoms with E-state index in [1.807, 2.05) is 77.1 Å². The number of amides is 3. The largest absolute Gasteiger partial charge is 0.508 e. The second-order valence-electron chi connectivity index (χ2n) is 19.4. The first-order valence-electron chi connectivity index (χ1n) is 27.0. The zero-order valence-corrected chi connectivity index (χ0v) is 47.0. The highest BCUT2D eigenvalue weighted by Gasteiger charge is 2.69. The van der Waals surface area contributed by atoms with Gasteiger partial charge < -0.3 is 57.5 Å². The first kappa shape index (κ1) is 64.0. The smallest absolute Gasteiger partial charge is 0.496 e. The Morgan fingerprint density at radius 1 is 0.825 bits per heavy atom. The van der Waals surface area contributed by atoms with Crippen LogP contribution in [0.15, 0.2) is 54.6 Å². The predicted octanol–water partition coefficient (Wildman–Crippen LogP) is 8.77. The summed E-state index contributed by atoms with van der Waals surface area (Å²) in [5.41, 5.74) is 2.81. The average molecular weight is 1150 g/mol. The highest BCUT2D eigenvalue weighted by Crippen LogP contribution is 2.61. The zero-order chi connectivity index (χ0) is 58.4. The Morgan fingerprint density at radius 2 is 1.43 bits per heavy atom. The summed E-state index contributed by atoms with van der Waals surface area (Å²) in [5, 5.41) is 18.6. The van der Waals surface area contributed by atoms with Gasteiger partial charge >= 0.3 is 12.2 Å². The number of benzene rings is 3. The third-order valence-corrected chi connectivity index (χ3v) is 14.6. The summed E-state index contributed by atoms with van der Waals surface area (Å²) in [6, 6.07) is 14.2. The summed E-state index contributed by atoms with van der Waals surface area (Å²) in [5.74, 6) is -2.91. The molecule has 6 rings (SSSR count). The summed E-state index contributed by atoms with van der Waals surface area (Å²) in [6.07, 6.45) is 1.12. The maximum absolute atomic E-state index is 15.1. The van der Waals surface area contributed by atoms with Crippen molar-refractivity contribution in [1.82, 2.24) is 14.7 Å². The Morgan fingerprint density at radius 3 is 2.04 bits per heavy atom. The van der Waals surface area contributed by atoms with Gasteiger partial charge in [-0.15, -0.1) is 20.2 Å². The number of likely N-dealkylation sites (tertiary alicyclic amines) is 2. The van der Waals surface area contributed by atoms with E-state index in [4.69, 9.17) is 44.8 Å². The van der Waals surface area contributed by atoms with E-state index in [0.29, 0.717) is 63.8 Å². The Balaban J connectivity index is 0.00000581. The molecule has 0 aromatic heterocycles. The normalized spacial score (nSPS) is 18.8. The molecule has 0 bridgehead atoms. The Bertz CT molecular complexity index is 2530. The molecular weight excluding hydrogens is 1080 g/mol. The van der Waals surface area contributed by atoms with Gasteiger partial charge in [0.2, 0.25) is 11.8 Å². The van der Waals surface area contributed by atoms with Crippen molar-refractivity contribution < 1.29 is 81.0 Å². The molecule has 0 spiro atoms. The average Bonchev–Trinajstić information content (AvgIpc) is 3.82. The SMILES string of the molecule is CC.CCCN(Cc1ccc(OC)c(C)c1)C(=O)C(C)C1N(C(=O)OCCOCCO[N+](=O)[O-])C2CC(C(=O)N3CCC(OC(=O)OCCOCCO[N+](=O)[O-])CC3)CC21Cc1ccc(CCCOc2c(F)ccc(F)c2Cl)cc1. The molecule has 2 aliphatic heterocycles. The van der Waals surface area contributed by atoms with Crippen LogP contribution in [0.1, 0.15) is 88.5 Å². The fourth-order valence-electron chi connectivity index (χ4n) is 10.9. The number of carbonyl (C=O) groups is 4. The van der Waals surface area contributed by atoms with Crippen LogP contribution in [0.3, 0.4) is 0 Å². The number of nitrogens with zero attached hydrogens (tertiary/aromatic N) is 5. The lowest BCUT2D eigenvalue weighted by Crippen LogP contribution is -2.74. The van der Waals surface area contributed by atoms with E-state index in [1.54, 1.807) is 21.8 Å². The maximum atomic E-state index is 15.1. The number of methoxy groups -OCH3 is 1. The second-order valence-corrected chi connectivity index (χ2v) is 19.8. The van der Waals surface area contributed by atoms with Crippen molar-refractivity contribution in [3.05, 3.63) is 114 Å². The minimum Gasteiger partial charge on any atom is -0.496 e. The topological polar surface area (TPSA) is 247 Å². The molecule has 5 atom stereocenters. The molecule has 442 valence electrons. The highest BCUT2D eigenvalue weighted by molar-refractivity contribution is 6.32.